The van der Waals surface area contributed by atoms with Crippen molar-refractivity contribution >= 4 is 21.8 Å². The van der Waals surface area contributed by atoms with Crippen molar-refractivity contribution in [3.8, 4) is 11.5 Å². The number of rotatable bonds is 6. The Hall–Kier alpha value is -2.47. The van der Waals surface area contributed by atoms with Crippen LogP contribution in [0.5, 0.6) is 11.5 Å². The summed E-state index contributed by atoms with van der Waals surface area (Å²) in [5, 5.41) is 1.15. The highest BCUT2D eigenvalue weighted by molar-refractivity contribution is 7.95. The summed E-state index contributed by atoms with van der Waals surface area (Å²) in [7, 11) is -3.67. The lowest BCUT2D eigenvalue weighted by Crippen LogP contribution is -2.10. The smallest absolute Gasteiger partial charge is 0.255 e. The van der Waals surface area contributed by atoms with E-state index in [1.54, 1.807) is 12.1 Å². The van der Waals surface area contributed by atoms with Gasteiger partial charge in [-0.1, -0.05) is 30.3 Å². The molecular weight excluding hydrogens is 338 g/mol. The predicted molar refractivity (Wildman–Crippen MR) is 99.4 cm³/mol. The fourth-order valence-electron chi connectivity index (χ4n) is 2.71. The first kappa shape index (κ1) is 17.4. The summed E-state index contributed by atoms with van der Waals surface area (Å²) in [6.45, 7) is 4.29. The molecule has 3 rings (SSSR count). The van der Waals surface area contributed by atoms with Crippen LogP contribution in [0.4, 0.5) is 5.69 Å². The van der Waals surface area contributed by atoms with Crippen LogP contribution in [-0.4, -0.2) is 21.1 Å². The second-order valence-electron chi connectivity index (χ2n) is 5.88. The van der Waals surface area contributed by atoms with E-state index in [9.17, 15) is 8.42 Å². The molecule has 1 aliphatic rings. The van der Waals surface area contributed by atoms with Gasteiger partial charge in [0.1, 0.15) is 17.6 Å². The molecule has 0 radical (unpaired) electrons. The molecule has 0 spiro atoms. The number of ether oxygens (including phenoxy) is 2. The van der Waals surface area contributed by atoms with Gasteiger partial charge in [-0.25, -0.2) is 8.42 Å². The van der Waals surface area contributed by atoms with Gasteiger partial charge >= 0.3 is 0 Å². The number of nitrogens with one attached hydrogen (secondary N) is 1. The van der Waals surface area contributed by atoms with Gasteiger partial charge < -0.3 is 9.47 Å². The zero-order chi connectivity index (χ0) is 17.9. The molecule has 0 saturated heterocycles. The summed E-state index contributed by atoms with van der Waals surface area (Å²) in [5.41, 5.74) is 2.22. The number of anilines is 1. The number of benzene rings is 2. The van der Waals surface area contributed by atoms with Crippen LogP contribution in [0, 0.1) is 0 Å². The van der Waals surface area contributed by atoms with Crippen LogP contribution in [0.25, 0.3) is 6.08 Å². The van der Waals surface area contributed by atoms with Crippen LogP contribution < -0.4 is 14.2 Å². The Bertz CT molecular complexity index is 876. The summed E-state index contributed by atoms with van der Waals surface area (Å²) in [6.07, 6.45) is 2.42. The Morgan fingerprint density at radius 2 is 2.04 bits per heavy atom. The van der Waals surface area contributed by atoms with E-state index < -0.39 is 10.0 Å². The van der Waals surface area contributed by atoms with Crippen LogP contribution in [0.15, 0.2) is 47.9 Å². The zero-order valence-corrected chi connectivity index (χ0v) is 15.0. The van der Waals surface area contributed by atoms with E-state index in [0.29, 0.717) is 23.8 Å². The van der Waals surface area contributed by atoms with Gasteiger partial charge in [0.2, 0.25) is 0 Å². The number of sulfonamides is 1. The summed E-state index contributed by atoms with van der Waals surface area (Å²) in [4.78, 5) is 0. The largest absolute Gasteiger partial charge is 0.492 e. The van der Waals surface area contributed by atoms with Crippen molar-refractivity contribution in [2.24, 2.45) is 0 Å². The van der Waals surface area contributed by atoms with Crippen LogP contribution in [0.2, 0.25) is 0 Å². The third-order valence-corrected chi connectivity index (χ3v) is 4.79. The maximum Gasteiger partial charge on any atom is 0.255 e. The van der Waals surface area contributed by atoms with Crippen LogP contribution in [0.3, 0.4) is 0 Å². The molecule has 0 fully saturated rings. The first-order valence-electron chi connectivity index (χ1n) is 8.19. The van der Waals surface area contributed by atoms with E-state index in [2.05, 4.69) is 4.72 Å². The van der Waals surface area contributed by atoms with Gasteiger partial charge in [0, 0.05) is 18.1 Å². The molecule has 1 atom stereocenters. The SMILES string of the molecule is CCOc1cc2c(cc1NS(=O)(=O)C=Cc1ccccc1)OC(C)C2. The van der Waals surface area contributed by atoms with Crippen LogP contribution in [0.1, 0.15) is 25.0 Å². The summed E-state index contributed by atoms with van der Waals surface area (Å²) < 4.78 is 38.7. The number of hydrogen-bond donors (Lipinski definition) is 1. The Morgan fingerprint density at radius 1 is 1.28 bits per heavy atom. The molecule has 1 N–H and O–H groups in total. The minimum absolute atomic E-state index is 0.0781. The van der Waals surface area contributed by atoms with Gasteiger partial charge in [-0.2, -0.15) is 0 Å². The van der Waals surface area contributed by atoms with Crippen molar-refractivity contribution < 1.29 is 17.9 Å². The van der Waals surface area contributed by atoms with Crippen molar-refractivity contribution in [1.29, 1.82) is 0 Å². The highest BCUT2D eigenvalue weighted by Crippen LogP contribution is 2.38. The fraction of sp³-hybridized carbons (Fsp3) is 0.263. The molecular formula is C19H21NO4S. The van der Waals surface area contributed by atoms with Crippen LogP contribution in [-0.2, 0) is 16.4 Å². The first-order chi connectivity index (χ1) is 12.0. The molecule has 0 saturated carbocycles. The third kappa shape index (κ3) is 4.33. The fourth-order valence-corrected chi connectivity index (χ4v) is 3.58. The van der Waals surface area contributed by atoms with Crippen molar-refractivity contribution in [2.75, 3.05) is 11.3 Å². The number of fused-ring (bicyclic) bond motifs is 1. The van der Waals surface area contributed by atoms with E-state index >= 15 is 0 Å². The highest BCUT2D eigenvalue weighted by atomic mass is 32.2. The second-order valence-corrected chi connectivity index (χ2v) is 7.45. The lowest BCUT2D eigenvalue weighted by atomic mass is 10.1. The molecule has 1 aliphatic heterocycles. The van der Waals surface area contributed by atoms with Gasteiger partial charge in [-0.05, 0) is 31.6 Å². The molecule has 132 valence electrons. The van der Waals surface area contributed by atoms with Crippen molar-refractivity contribution in [3.05, 3.63) is 59.0 Å². The van der Waals surface area contributed by atoms with Crippen molar-refractivity contribution in [3.63, 3.8) is 0 Å². The molecule has 2 aromatic carbocycles. The van der Waals surface area contributed by atoms with E-state index in [1.807, 2.05) is 50.2 Å². The van der Waals surface area contributed by atoms with Crippen LogP contribution >= 0.6 is 0 Å². The predicted octanol–water partition coefficient (Wildman–Crippen LogP) is 3.82. The van der Waals surface area contributed by atoms with Gasteiger partial charge in [0.25, 0.3) is 10.0 Å². The summed E-state index contributed by atoms with van der Waals surface area (Å²) in [6, 6.07) is 12.8. The summed E-state index contributed by atoms with van der Waals surface area (Å²) >= 11 is 0. The molecule has 2 aromatic rings. The Labute approximate surface area is 148 Å². The molecule has 25 heavy (non-hydrogen) atoms. The molecule has 0 bridgehead atoms. The molecule has 6 heteroatoms. The molecule has 0 aliphatic carbocycles. The van der Waals surface area contributed by atoms with E-state index in [1.165, 1.54) is 0 Å². The highest BCUT2D eigenvalue weighted by Gasteiger charge is 2.23. The number of hydrogen-bond acceptors (Lipinski definition) is 4. The quantitative estimate of drug-likeness (QED) is 0.851. The van der Waals surface area contributed by atoms with Gasteiger partial charge in [0.05, 0.1) is 17.7 Å². The Balaban J connectivity index is 1.86. The normalized spacial score (nSPS) is 16.5. The zero-order valence-electron chi connectivity index (χ0n) is 14.2. The maximum absolute atomic E-state index is 12.4. The van der Waals surface area contributed by atoms with Gasteiger partial charge in [-0.3, -0.25) is 4.72 Å². The second kappa shape index (κ2) is 7.19. The third-order valence-electron chi connectivity index (χ3n) is 3.79. The van der Waals surface area contributed by atoms with E-state index in [4.69, 9.17) is 9.47 Å². The topological polar surface area (TPSA) is 64.6 Å². The summed E-state index contributed by atoms with van der Waals surface area (Å²) in [5.74, 6) is 1.20. The monoisotopic (exact) mass is 359 g/mol. The first-order valence-corrected chi connectivity index (χ1v) is 9.74. The lowest BCUT2D eigenvalue weighted by molar-refractivity contribution is 0.254. The Morgan fingerprint density at radius 3 is 2.76 bits per heavy atom. The average Bonchev–Trinajstić information content (AvgIpc) is 2.93. The lowest BCUT2D eigenvalue weighted by Gasteiger charge is -2.13. The Kier molecular flexibility index (Phi) is 4.99. The standard InChI is InChI=1S/C19H21NO4S/c1-3-23-19-12-16-11-14(2)24-18(16)13-17(19)20-25(21,22)10-9-15-7-5-4-6-8-15/h4-10,12-14,20H,3,11H2,1-2H3. The van der Waals surface area contributed by atoms with Crippen molar-refractivity contribution in [2.45, 2.75) is 26.4 Å². The molecule has 0 aromatic heterocycles. The van der Waals surface area contributed by atoms with Gasteiger partial charge in [0.15, 0.2) is 0 Å². The van der Waals surface area contributed by atoms with E-state index in [-0.39, 0.29) is 6.10 Å². The minimum Gasteiger partial charge on any atom is -0.492 e. The molecule has 5 nitrogen and oxygen atoms in total. The molecule has 1 unspecified atom stereocenters. The van der Waals surface area contributed by atoms with E-state index in [0.717, 1.165) is 23.0 Å². The average molecular weight is 359 g/mol. The molecule has 0 amide bonds. The van der Waals surface area contributed by atoms with Gasteiger partial charge in [-0.15, -0.1) is 0 Å². The molecule has 1 heterocycles. The minimum atomic E-state index is -3.67. The van der Waals surface area contributed by atoms with Crippen molar-refractivity contribution in [1.82, 2.24) is 0 Å². The maximum atomic E-state index is 12.4.